The third-order valence-electron chi connectivity index (χ3n) is 4.90. The van der Waals surface area contributed by atoms with Gasteiger partial charge in [-0.05, 0) is 53.1 Å². The molecule has 146 valence electrons. The molecule has 0 spiro atoms. The summed E-state index contributed by atoms with van der Waals surface area (Å²) in [5.74, 6) is 1.66. The van der Waals surface area contributed by atoms with Gasteiger partial charge >= 0.3 is 0 Å². The minimum Gasteiger partial charge on any atom is -0.504 e. The first kappa shape index (κ1) is 19.4. The van der Waals surface area contributed by atoms with E-state index in [0.717, 1.165) is 28.0 Å². The van der Waals surface area contributed by atoms with Crippen LogP contribution in [0.4, 0.5) is 5.69 Å². The summed E-state index contributed by atoms with van der Waals surface area (Å²) in [6.45, 7) is 2.08. The van der Waals surface area contributed by atoms with Crippen LogP contribution in [0.25, 0.3) is 11.1 Å². The van der Waals surface area contributed by atoms with Gasteiger partial charge in [0.1, 0.15) is 5.75 Å². The SMILES string of the molecule is COc1ccc(C(C)c2cc(O)c(OC)c(OC)c2)cc1-c1cccc(N)c1. The molecule has 0 amide bonds. The number of hydrogen-bond acceptors (Lipinski definition) is 5. The molecule has 3 aromatic rings. The molecule has 0 radical (unpaired) electrons. The summed E-state index contributed by atoms with van der Waals surface area (Å²) < 4.78 is 16.1. The van der Waals surface area contributed by atoms with E-state index in [9.17, 15) is 5.11 Å². The number of benzene rings is 3. The highest BCUT2D eigenvalue weighted by Crippen LogP contribution is 2.41. The van der Waals surface area contributed by atoms with Crippen molar-refractivity contribution in [1.29, 1.82) is 0 Å². The number of rotatable bonds is 6. The molecule has 28 heavy (non-hydrogen) atoms. The normalized spacial score (nSPS) is 11.7. The summed E-state index contributed by atoms with van der Waals surface area (Å²) in [7, 11) is 4.71. The average molecular weight is 379 g/mol. The van der Waals surface area contributed by atoms with Crippen molar-refractivity contribution in [1.82, 2.24) is 0 Å². The number of aromatic hydroxyl groups is 1. The van der Waals surface area contributed by atoms with Crippen LogP contribution in [0.2, 0.25) is 0 Å². The van der Waals surface area contributed by atoms with Crippen molar-refractivity contribution in [2.24, 2.45) is 0 Å². The van der Waals surface area contributed by atoms with Gasteiger partial charge in [-0.1, -0.05) is 25.1 Å². The quantitative estimate of drug-likeness (QED) is 0.601. The monoisotopic (exact) mass is 379 g/mol. The first-order valence-electron chi connectivity index (χ1n) is 8.97. The number of anilines is 1. The summed E-state index contributed by atoms with van der Waals surface area (Å²) in [4.78, 5) is 0. The molecule has 0 saturated carbocycles. The summed E-state index contributed by atoms with van der Waals surface area (Å²) in [6, 6.07) is 17.4. The Labute approximate surface area is 165 Å². The van der Waals surface area contributed by atoms with Crippen molar-refractivity contribution in [2.75, 3.05) is 27.1 Å². The second-order valence-electron chi connectivity index (χ2n) is 6.58. The van der Waals surface area contributed by atoms with Gasteiger partial charge in [0.05, 0.1) is 21.3 Å². The van der Waals surface area contributed by atoms with E-state index in [1.54, 1.807) is 20.3 Å². The number of nitrogen functional groups attached to an aromatic ring is 1. The molecule has 0 saturated heterocycles. The Balaban J connectivity index is 2.07. The van der Waals surface area contributed by atoms with E-state index >= 15 is 0 Å². The lowest BCUT2D eigenvalue weighted by Crippen LogP contribution is -2.00. The zero-order valence-electron chi connectivity index (χ0n) is 16.5. The molecule has 1 unspecified atom stereocenters. The molecule has 1 atom stereocenters. The van der Waals surface area contributed by atoms with Crippen molar-refractivity contribution in [3.8, 4) is 34.1 Å². The van der Waals surface area contributed by atoms with Gasteiger partial charge in [0.15, 0.2) is 11.5 Å². The lowest BCUT2D eigenvalue weighted by molar-refractivity contribution is 0.332. The maximum atomic E-state index is 10.3. The molecule has 0 aliphatic rings. The molecular formula is C23H25NO4. The molecule has 5 heteroatoms. The molecule has 3 N–H and O–H groups in total. The van der Waals surface area contributed by atoms with Gasteiger partial charge in [-0.25, -0.2) is 0 Å². The standard InChI is InChI=1S/C23H25NO4/c1-14(17-12-20(25)23(28-4)22(13-17)27-3)15-8-9-21(26-2)19(11-15)16-6-5-7-18(24)10-16/h5-14,25H,24H2,1-4H3. The Bertz CT molecular complexity index is 984. The predicted molar refractivity (Wildman–Crippen MR) is 112 cm³/mol. The highest BCUT2D eigenvalue weighted by atomic mass is 16.5. The predicted octanol–water partition coefficient (Wildman–Crippen LogP) is 4.82. The van der Waals surface area contributed by atoms with Crippen molar-refractivity contribution < 1.29 is 19.3 Å². The fourth-order valence-electron chi connectivity index (χ4n) is 3.33. The second kappa shape index (κ2) is 8.13. The third kappa shape index (κ3) is 3.69. The van der Waals surface area contributed by atoms with Crippen molar-refractivity contribution >= 4 is 5.69 Å². The van der Waals surface area contributed by atoms with Crippen LogP contribution in [0.15, 0.2) is 54.6 Å². The van der Waals surface area contributed by atoms with Crippen LogP contribution in [-0.4, -0.2) is 26.4 Å². The zero-order chi connectivity index (χ0) is 20.3. The van der Waals surface area contributed by atoms with Gasteiger partial charge in [0.2, 0.25) is 5.75 Å². The molecule has 0 aromatic heterocycles. The van der Waals surface area contributed by atoms with Crippen LogP contribution in [0.3, 0.4) is 0 Å². The van der Waals surface area contributed by atoms with Crippen LogP contribution in [-0.2, 0) is 0 Å². The molecule has 0 aliphatic heterocycles. The van der Waals surface area contributed by atoms with E-state index in [1.165, 1.54) is 7.11 Å². The fraction of sp³-hybridized carbons (Fsp3) is 0.217. The van der Waals surface area contributed by atoms with Gasteiger partial charge in [0.25, 0.3) is 0 Å². The van der Waals surface area contributed by atoms with Crippen LogP contribution in [0.1, 0.15) is 24.0 Å². The Morgan fingerprint density at radius 3 is 2.21 bits per heavy atom. The Morgan fingerprint density at radius 1 is 0.821 bits per heavy atom. The minimum absolute atomic E-state index is 0.0106. The molecule has 0 fully saturated rings. The average Bonchev–Trinajstić information content (AvgIpc) is 2.72. The number of methoxy groups -OCH3 is 3. The van der Waals surface area contributed by atoms with E-state index in [-0.39, 0.29) is 11.7 Å². The first-order chi connectivity index (χ1) is 13.5. The Morgan fingerprint density at radius 2 is 1.57 bits per heavy atom. The van der Waals surface area contributed by atoms with Gasteiger partial charge in [-0.3, -0.25) is 0 Å². The molecule has 3 rings (SSSR count). The topological polar surface area (TPSA) is 73.9 Å². The maximum absolute atomic E-state index is 10.3. The van der Waals surface area contributed by atoms with E-state index in [2.05, 4.69) is 13.0 Å². The lowest BCUT2D eigenvalue weighted by Gasteiger charge is -2.18. The largest absolute Gasteiger partial charge is 0.504 e. The zero-order valence-corrected chi connectivity index (χ0v) is 16.5. The van der Waals surface area contributed by atoms with Crippen LogP contribution in [0, 0.1) is 0 Å². The first-order valence-corrected chi connectivity index (χ1v) is 8.97. The molecular weight excluding hydrogens is 354 g/mol. The maximum Gasteiger partial charge on any atom is 0.203 e. The smallest absolute Gasteiger partial charge is 0.203 e. The molecule has 3 aromatic carbocycles. The molecule has 0 aliphatic carbocycles. The van der Waals surface area contributed by atoms with Gasteiger partial charge < -0.3 is 25.1 Å². The summed E-state index contributed by atoms with van der Waals surface area (Å²) in [5.41, 5.74) is 10.6. The number of phenols is 1. The van der Waals surface area contributed by atoms with E-state index < -0.39 is 0 Å². The summed E-state index contributed by atoms with van der Waals surface area (Å²) >= 11 is 0. The van der Waals surface area contributed by atoms with Crippen molar-refractivity contribution in [3.05, 3.63) is 65.7 Å². The summed E-state index contributed by atoms with van der Waals surface area (Å²) in [5, 5.41) is 10.3. The van der Waals surface area contributed by atoms with Crippen LogP contribution in [0.5, 0.6) is 23.0 Å². The van der Waals surface area contributed by atoms with Gasteiger partial charge in [-0.2, -0.15) is 0 Å². The van der Waals surface area contributed by atoms with E-state index in [1.807, 2.05) is 42.5 Å². The molecule has 5 nitrogen and oxygen atoms in total. The molecule has 0 bridgehead atoms. The lowest BCUT2D eigenvalue weighted by atomic mass is 9.90. The highest BCUT2D eigenvalue weighted by Gasteiger charge is 2.18. The minimum atomic E-state index is 0.0106. The third-order valence-corrected chi connectivity index (χ3v) is 4.90. The Kier molecular flexibility index (Phi) is 5.64. The number of nitrogens with two attached hydrogens (primary N) is 1. The fourth-order valence-corrected chi connectivity index (χ4v) is 3.33. The number of ether oxygens (including phenoxy) is 3. The van der Waals surface area contributed by atoms with Crippen molar-refractivity contribution in [2.45, 2.75) is 12.8 Å². The molecule has 0 heterocycles. The van der Waals surface area contributed by atoms with E-state index in [0.29, 0.717) is 17.2 Å². The second-order valence-corrected chi connectivity index (χ2v) is 6.58. The number of phenolic OH excluding ortho intramolecular Hbond substituents is 1. The van der Waals surface area contributed by atoms with E-state index in [4.69, 9.17) is 19.9 Å². The summed E-state index contributed by atoms with van der Waals surface area (Å²) in [6.07, 6.45) is 0. The van der Waals surface area contributed by atoms with Crippen LogP contribution >= 0.6 is 0 Å². The Hall–Kier alpha value is -3.34. The van der Waals surface area contributed by atoms with Gasteiger partial charge in [0, 0.05) is 17.2 Å². The van der Waals surface area contributed by atoms with Gasteiger partial charge in [-0.15, -0.1) is 0 Å². The number of hydrogen-bond donors (Lipinski definition) is 2. The highest BCUT2D eigenvalue weighted by molar-refractivity contribution is 5.74. The van der Waals surface area contributed by atoms with Crippen LogP contribution < -0.4 is 19.9 Å². The van der Waals surface area contributed by atoms with Crippen molar-refractivity contribution in [3.63, 3.8) is 0 Å².